The number of hydrogen-bond donors (Lipinski definition) is 2. The van der Waals surface area contributed by atoms with Crippen molar-refractivity contribution in [2.24, 2.45) is 5.14 Å². The van der Waals surface area contributed by atoms with E-state index in [9.17, 15) is 17.9 Å². The third-order valence-electron chi connectivity index (χ3n) is 4.42. The van der Waals surface area contributed by atoms with Crippen molar-refractivity contribution < 1.29 is 17.9 Å². The Balaban J connectivity index is 1.86. The average Bonchev–Trinajstić information content (AvgIpc) is 3.14. The third-order valence-corrected chi connectivity index (χ3v) is 5.35. The molecule has 3 N–H and O–H groups in total. The van der Waals surface area contributed by atoms with E-state index in [-0.39, 0.29) is 16.5 Å². The number of phenols is 1. The summed E-state index contributed by atoms with van der Waals surface area (Å²) >= 11 is 0. The van der Waals surface area contributed by atoms with Crippen LogP contribution in [0.5, 0.6) is 5.75 Å². The van der Waals surface area contributed by atoms with Crippen molar-refractivity contribution in [2.45, 2.75) is 4.90 Å². The molecule has 29 heavy (non-hydrogen) atoms. The summed E-state index contributed by atoms with van der Waals surface area (Å²) in [5, 5.41) is 19.3. The molecule has 8 heteroatoms. The zero-order valence-corrected chi connectivity index (χ0v) is 15.8. The highest BCUT2D eigenvalue weighted by atomic mass is 32.2. The van der Waals surface area contributed by atoms with Crippen LogP contribution in [0.1, 0.15) is 0 Å². The van der Waals surface area contributed by atoms with Gasteiger partial charge in [0.05, 0.1) is 22.0 Å². The quantitative estimate of drug-likeness (QED) is 0.537. The SMILES string of the molecule is NS(=O)(=O)c1ccc(-n2nc(-c3ccc(O)cc3)cc2-c2ccc(F)cc2)cc1. The van der Waals surface area contributed by atoms with Crippen LogP contribution in [0.15, 0.2) is 83.8 Å². The summed E-state index contributed by atoms with van der Waals surface area (Å²) in [6.45, 7) is 0. The predicted octanol–water partition coefficient (Wildman–Crippen LogP) is 3.70. The van der Waals surface area contributed by atoms with Gasteiger partial charge in [-0.25, -0.2) is 22.6 Å². The number of rotatable bonds is 4. The van der Waals surface area contributed by atoms with Gasteiger partial charge in [-0.2, -0.15) is 5.10 Å². The number of nitrogens with zero attached hydrogens (tertiary/aromatic N) is 2. The Labute approximate surface area is 166 Å². The molecule has 0 aliphatic heterocycles. The van der Waals surface area contributed by atoms with Crippen LogP contribution >= 0.6 is 0 Å². The maximum atomic E-state index is 13.4. The standard InChI is InChI=1S/C21H16FN3O3S/c22-16-5-1-15(2-6-16)21-13-20(14-3-9-18(26)10-4-14)24-25(21)17-7-11-19(12-8-17)29(23,27)28/h1-13,26H,(H2,23,27,28). The number of aromatic nitrogens is 2. The first-order valence-corrected chi connectivity index (χ1v) is 10.1. The molecule has 0 aliphatic carbocycles. The highest BCUT2D eigenvalue weighted by Gasteiger charge is 2.15. The van der Waals surface area contributed by atoms with Gasteiger partial charge in [-0.3, -0.25) is 0 Å². The van der Waals surface area contributed by atoms with Gasteiger partial charge in [0.15, 0.2) is 0 Å². The molecule has 1 aromatic heterocycles. The Morgan fingerprint density at radius 2 is 1.45 bits per heavy atom. The van der Waals surface area contributed by atoms with Crippen molar-refractivity contribution >= 4 is 10.0 Å². The van der Waals surface area contributed by atoms with E-state index < -0.39 is 10.0 Å². The number of primary sulfonamides is 1. The Morgan fingerprint density at radius 3 is 2.03 bits per heavy atom. The van der Waals surface area contributed by atoms with Gasteiger partial charge in [0.25, 0.3) is 0 Å². The topological polar surface area (TPSA) is 98.2 Å². The summed E-state index contributed by atoms with van der Waals surface area (Å²) in [6.07, 6.45) is 0. The Hall–Kier alpha value is -3.49. The summed E-state index contributed by atoms with van der Waals surface area (Å²) in [4.78, 5) is -0.00417. The van der Waals surface area contributed by atoms with Gasteiger partial charge in [0.2, 0.25) is 10.0 Å². The molecule has 0 fully saturated rings. The third kappa shape index (κ3) is 3.89. The van der Waals surface area contributed by atoms with E-state index in [1.165, 1.54) is 24.3 Å². The largest absolute Gasteiger partial charge is 0.508 e. The zero-order chi connectivity index (χ0) is 20.6. The molecule has 0 saturated carbocycles. The minimum atomic E-state index is -3.81. The van der Waals surface area contributed by atoms with Crippen molar-refractivity contribution in [3.05, 3.63) is 84.7 Å². The number of benzene rings is 3. The normalized spacial score (nSPS) is 11.5. The molecule has 4 aromatic rings. The number of sulfonamides is 1. The van der Waals surface area contributed by atoms with Gasteiger partial charge in [-0.1, -0.05) is 0 Å². The molecular weight excluding hydrogens is 393 g/mol. The molecule has 0 unspecified atom stereocenters. The summed E-state index contributed by atoms with van der Waals surface area (Å²) in [6, 6.07) is 20.4. The van der Waals surface area contributed by atoms with Crippen LogP contribution in [0.4, 0.5) is 4.39 Å². The maximum Gasteiger partial charge on any atom is 0.238 e. The molecule has 0 bridgehead atoms. The van der Waals surface area contributed by atoms with E-state index in [4.69, 9.17) is 5.14 Å². The van der Waals surface area contributed by atoms with Crippen molar-refractivity contribution in [1.29, 1.82) is 0 Å². The van der Waals surface area contributed by atoms with Gasteiger partial charge in [-0.15, -0.1) is 0 Å². The molecule has 0 saturated heterocycles. The van der Waals surface area contributed by atoms with Gasteiger partial charge in [0.1, 0.15) is 11.6 Å². The number of aromatic hydroxyl groups is 1. The van der Waals surface area contributed by atoms with Gasteiger partial charge in [-0.05, 0) is 78.9 Å². The van der Waals surface area contributed by atoms with Crippen molar-refractivity contribution in [1.82, 2.24) is 9.78 Å². The second-order valence-corrected chi connectivity index (χ2v) is 7.98. The minimum absolute atomic E-state index is 0.00417. The van der Waals surface area contributed by atoms with E-state index >= 15 is 0 Å². The van der Waals surface area contributed by atoms with E-state index in [0.717, 1.165) is 11.1 Å². The fourth-order valence-electron chi connectivity index (χ4n) is 2.95. The van der Waals surface area contributed by atoms with E-state index in [2.05, 4.69) is 5.10 Å². The lowest BCUT2D eigenvalue weighted by molar-refractivity contribution is 0.475. The molecule has 1 heterocycles. The van der Waals surface area contributed by atoms with Crippen molar-refractivity contribution in [2.75, 3.05) is 0 Å². The fraction of sp³-hybridized carbons (Fsp3) is 0. The Bertz CT molecular complexity index is 1260. The van der Waals surface area contributed by atoms with E-state index in [1.54, 1.807) is 53.2 Å². The summed E-state index contributed by atoms with van der Waals surface area (Å²) < 4.78 is 38.1. The molecular formula is C21H16FN3O3S. The highest BCUT2D eigenvalue weighted by molar-refractivity contribution is 7.89. The lowest BCUT2D eigenvalue weighted by Gasteiger charge is -2.08. The molecule has 0 aliphatic rings. The molecule has 0 amide bonds. The van der Waals surface area contributed by atoms with Crippen LogP contribution in [0.2, 0.25) is 0 Å². The van der Waals surface area contributed by atoms with Gasteiger partial charge < -0.3 is 5.11 Å². The first-order valence-electron chi connectivity index (χ1n) is 8.60. The molecule has 4 rings (SSSR count). The average molecular weight is 409 g/mol. The van der Waals surface area contributed by atoms with Crippen molar-refractivity contribution in [3.63, 3.8) is 0 Å². The second-order valence-electron chi connectivity index (χ2n) is 6.42. The molecule has 3 aromatic carbocycles. The Kier molecular flexibility index (Phi) is 4.65. The minimum Gasteiger partial charge on any atom is -0.508 e. The Morgan fingerprint density at radius 1 is 0.862 bits per heavy atom. The molecule has 0 atom stereocenters. The fourth-order valence-corrected chi connectivity index (χ4v) is 3.47. The summed E-state index contributed by atoms with van der Waals surface area (Å²) in [5.41, 5.74) is 3.46. The van der Waals surface area contributed by atoms with Crippen LogP contribution in [0, 0.1) is 5.82 Å². The number of halogens is 1. The molecule has 0 radical (unpaired) electrons. The zero-order valence-electron chi connectivity index (χ0n) is 15.0. The van der Waals surface area contributed by atoms with E-state index in [1.807, 2.05) is 6.07 Å². The van der Waals surface area contributed by atoms with Crippen LogP contribution in [-0.2, 0) is 10.0 Å². The van der Waals surface area contributed by atoms with E-state index in [0.29, 0.717) is 17.1 Å². The number of phenolic OH excluding ortho intramolecular Hbond substituents is 1. The molecule has 146 valence electrons. The van der Waals surface area contributed by atoms with Crippen LogP contribution < -0.4 is 5.14 Å². The van der Waals surface area contributed by atoms with Gasteiger partial charge >= 0.3 is 0 Å². The first kappa shape index (κ1) is 18.9. The smallest absolute Gasteiger partial charge is 0.238 e. The predicted molar refractivity (Wildman–Crippen MR) is 107 cm³/mol. The number of nitrogens with two attached hydrogens (primary N) is 1. The first-order chi connectivity index (χ1) is 13.8. The van der Waals surface area contributed by atoms with Crippen molar-refractivity contribution in [3.8, 4) is 34.0 Å². The molecule has 0 spiro atoms. The maximum absolute atomic E-state index is 13.4. The van der Waals surface area contributed by atoms with Crippen LogP contribution in [-0.4, -0.2) is 23.3 Å². The summed E-state index contributed by atoms with van der Waals surface area (Å²) in [5.74, 6) is -0.207. The van der Waals surface area contributed by atoms with Gasteiger partial charge in [0, 0.05) is 11.1 Å². The van der Waals surface area contributed by atoms with Crippen LogP contribution in [0.3, 0.4) is 0 Å². The number of hydrogen-bond acceptors (Lipinski definition) is 4. The lowest BCUT2D eigenvalue weighted by atomic mass is 10.1. The molecule has 6 nitrogen and oxygen atoms in total. The lowest BCUT2D eigenvalue weighted by Crippen LogP contribution is -2.12. The summed E-state index contributed by atoms with van der Waals surface area (Å²) in [7, 11) is -3.81. The highest BCUT2D eigenvalue weighted by Crippen LogP contribution is 2.30. The second kappa shape index (κ2) is 7.16. The van der Waals surface area contributed by atoms with Crippen LogP contribution in [0.25, 0.3) is 28.2 Å². The monoisotopic (exact) mass is 409 g/mol.